The van der Waals surface area contributed by atoms with Gasteiger partial charge in [0.25, 0.3) is 11.8 Å². The largest absolute Gasteiger partial charge is 0.350 e. The lowest BCUT2D eigenvalue weighted by Crippen LogP contribution is -2.30. The molecule has 1 saturated heterocycles. The highest BCUT2D eigenvalue weighted by molar-refractivity contribution is 7.15. The van der Waals surface area contributed by atoms with Gasteiger partial charge >= 0.3 is 0 Å². The van der Waals surface area contributed by atoms with Crippen LogP contribution in [-0.2, 0) is 0 Å². The minimum atomic E-state index is -0.360. The van der Waals surface area contributed by atoms with Crippen LogP contribution in [-0.4, -0.2) is 53.1 Å². The molecule has 2 amide bonds. The van der Waals surface area contributed by atoms with Crippen molar-refractivity contribution < 1.29 is 9.59 Å². The van der Waals surface area contributed by atoms with Crippen LogP contribution in [0.4, 0.5) is 5.69 Å². The number of rotatable bonds is 7. The van der Waals surface area contributed by atoms with E-state index in [0.717, 1.165) is 43.0 Å². The van der Waals surface area contributed by atoms with Crippen LogP contribution in [0.25, 0.3) is 0 Å². The van der Waals surface area contributed by atoms with Gasteiger partial charge in [0, 0.05) is 12.2 Å². The molecule has 0 bridgehead atoms. The number of carbonyl (C=O) groups excluding carboxylic acids is 2. The molecule has 1 aliphatic rings. The molecule has 3 rings (SSSR count). The molecule has 0 spiro atoms. The van der Waals surface area contributed by atoms with Gasteiger partial charge in [0.05, 0.1) is 0 Å². The minimum absolute atomic E-state index is 0.176. The summed E-state index contributed by atoms with van der Waals surface area (Å²) in [5, 5.41) is 13.7. The van der Waals surface area contributed by atoms with E-state index in [9.17, 15) is 9.59 Å². The second-order valence-electron chi connectivity index (χ2n) is 7.10. The lowest BCUT2D eigenvalue weighted by molar-refractivity contribution is 0.0949. The summed E-state index contributed by atoms with van der Waals surface area (Å²) >= 11 is 1.00. The first-order valence-corrected chi connectivity index (χ1v) is 10.7. The Morgan fingerprint density at radius 2 is 1.64 bits per heavy atom. The van der Waals surface area contributed by atoms with Crippen LogP contribution < -0.4 is 10.6 Å². The second-order valence-corrected chi connectivity index (χ2v) is 8.08. The molecular formula is C20H27N5O2S. The number of carbonyl (C=O) groups is 2. The summed E-state index contributed by atoms with van der Waals surface area (Å²) in [6, 6.07) is 7.48. The molecule has 0 aliphatic carbocycles. The third kappa shape index (κ3) is 6.10. The maximum absolute atomic E-state index is 12.3. The summed E-state index contributed by atoms with van der Waals surface area (Å²) in [5.41, 5.74) is 1.80. The number of likely N-dealkylation sites (tertiary alicyclic amines) is 1. The number of aromatic nitrogens is 2. The van der Waals surface area contributed by atoms with Crippen LogP contribution >= 0.6 is 11.3 Å². The van der Waals surface area contributed by atoms with Crippen molar-refractivity contribution in [1.82, 2.24) is 20.4 Å². The summed E-state index contributed by atoms with van der Waals surface area (Å²) in [6.07, 6.45) is 6.09. The Labute approximate surface area is 169 Å². The molecule has 0 atom stereocenters. The van der Waals surface area contributed by atoms with Crippen molar-refractivity contribution >= 4 is 28.8 Å². The quantitative estimate of drug-likeness (QED) is 0.696. The van der Waals surface area contributed by atoms with Gasteiger partial charge < -0.3 is 15.5 Å². The SMILES string of the molecule is Cc1ccc(NC(=O)c2nnc(C(=O)NCCCN3CCCCCC3)s2)cc1. The van der Waals surface area contributed by atoms with Crippen molar-refractivity contribution in [2.24, 2.45) is 0 Å². The zero-order chi connectivity index (χ0) is 19.8. The fourth-order valence-corrected chi connectivity index (χ4v) is 3.82. The lowest BCUT2D eigenvalue weighted by Gasteiger charge is -2.19. The van der Waals surface area contributed by atoms with E-state index in [2.05, 4.69) is 25.7 Å². The average molecular weight is 402 g/mol. The Kier molecular flexibility index (Phi) is 7.50. The van der Waals surface area contributed by atoms with Gasteiger partial charge in [0.1, 0.15) is 0 Å². The molecule has 1 aliphatic heterocycles. The van der Waals surface area contributed by atoms with Crippen molar-refractivity contribution in [3.63, 3.8) is 0 Å². The Morgan fingerprint density at radius 1 is 1.00 bits per heavy atom. The number of anilines is 1. The third-order valence-corrected chi connectivity index (χ3v) is 5.68. The fraction of sp³-hybridized carbons (Fsp3) is 0.500. The highest BCUT2D eigenvalue weighted by atomic mass is 32.1. The van der Waals surface area contributed by atoms with Crippen molar-refractivity contribution in [3.8, 4) is 0 Å². The van der Waals surface area contributed by atoms with Crippen LogP contribution in [0.1, 0.15) is 57.3 Å². The first kappa shape index (κ1) is 20.4. The van der Waals surface area contributed by atoms with E-state index in [0.29, 0.717) is 12.2 Å². The summed E-state index contributed by atoms with van der Waals surface area (Å²) in [4.78, 5) is 27.0. The molecule has 1 fully saturated rings. The minimum Gasteiger partial charge on any atom is -0.350 e. The molecule has 0 radical (unpaired) electrons. The fourth-order valence-electron chi connectivity index (χ4n) is 3.17. The topological polar surface area (TPSA) is 87.2 Å². The Hall–Kier alpha value is -2.32. The number of hydrogen-bond donors (Lipinski definition) is 2. The van der Waals surface area contributed by atoms with Gasteiger partial charge in [-0.1, -0.05) is 41.9 Å². The second kappa shape index (κ2) is 10.3. The molecule has 150 valence electrons. The molecular weight excluding hydrogens is 374 g/mol. The van der Waals surface area contributed by atoms with Crippen molar-refractivity contribution in [3.05, 3.63) is 39.8 Å². The molecule has 8 heteroatoms. The number of nitrogens with zero attached hydrogens (tertiary/aromatic N) is 3. The van der Waals surface area contributed by atoms with Gasteiger partial charge in [0.2, 0.25) is 10.0 Å². The van der Waals surface area contributed by atoms with E-state index >= 15 is 0 Å². The molecule has 2 aromatic rings. The van der Waals surface area contributed by atoms with E-state index < -0.39 is 0 Å². The zero-order valence-electron chi connectivity index (χ0n) is 16.2. The summed E-state index contributed by atoms with van der Waals surface area (Å²) in [6.45, 7) is 5.89. The van der Waals surface area contributed by atoms with E-state index in [4.69, 9.17) is 0 Å². The number of benzene rings is 1. The van der Waals surface area contributed by atoms with E-state index in [1.807, 2.05) is 31.2 Å². The highest BCUT2D eigenvalue weighted by Crippen LogP contribution is 2.14. The van der Waals surface area contributed by atoms with Gasteiger partial charge in [-0.15, -0.1) is 10.2 Å². The van der Waals surface area contributed by atoms with Gasteiger partial charge in [-0.2, -0.15) is 0 Å². The smallest absolute Gasteiger partial charge is 0.286 e. The highest BCUT2D eigenvalue weighted by Gasteiger charge is 2.17. The van der Waals surface area contributed by atoms with Crippen LogP contribution in [0.15, 0.2) is 24.3 Å². The van der Waals surface area contributed by atoms with Crippen molar-refractivity contribution in [2.45, 2.75) is 39.0 Å². The maximum atomic E-state index is 12.3. The van der Waals surface area contributed by atoms with Gasteiger partial charge in [-0.05, 0) is 58.0 Å². The normalized spacial score (nSPS) is 15.0. The number of hydrogen-bond acceptors (Lipinski definition) is 6. The standard InChI is InChI=1S/C20H27N5O2S/c1-15-7-9-16(10-8-15)22-18(27)20-24-23-19(28-20)17(26)21-11-6-14-25-12-4-2-3-5-13-25/h7-10H,2-6,11-14H2,1H3,(H,21,26)(H,22,27). The first-order valence-electron chi connectivity index (χ1n) is 9.84. The predicted molar refractivity (Wildman–Crippen MR) is 111 cm³/mol. The molecule has 1 aromatic heterocycles. The first-order chi connectivity index (χ1) is 13.6. The Balaban J connectivity index is 1.42. The van der Waals surface area contributed by atoms with Crippen LogP contribution in [0, 0.1) is 6.92 Å². The average Bonchev–Trinajstić information content (AvgIpc) is 3.05. The van der Waals surface area contributed by atoms with Gasteiger partial charge in [-0.25, -0.2) is 0 Å². The summed E-state index contributed by atoms with van der Waals surface area (Å²) in [7, 11) is 0. The van der Waals surface area contributed by atoms with Crippen LogP contribution in [0.3, 0.4) is 0 Å². The van der Waals surface area contributed by atoms with E-state index in [1.165, 1.54) is 25.7 Å². The molecule has 0 saturated carbocycles. The van der Waals surface area contributed by atoms with Crippen LogP contribution in [0.5, 0.6) is 0 Å². The molecule has 1 aromatic carbocycles. The Bertz CT molecular complexity index is 782. The molecule has 0 unspecified atom stereocenters. The van der Waals surface area contributed by atoms with Crippen molar-refractivity contribution in [2.75, 3.05) is 31.5 Å². The van der Waals surface area contributed by atoms with E-state index in [-0.39, 0.29) is 21.8 Å². The number of nitrogens with one attached hydrogen (secondary N) is 2. The zero-order valence-corrected chi connectivity index (χ0v) is 17.1. The maximum Gasteiger partial charge on any atom is 0.286 e. The predicted octanol–water partition coefficient (Wildman–Crippen LogP) is 3.09. The summed E-state index contributed by atoms with van der Waals surface area (Å²) in [5.74, 6) is -0.635. The monoisotopic (exact) mass is 401 g/mol. The number of aryl methyl sites for hydroxylation is 1. The molecule has 2 heterocycles. The molecule has 28 heavy (non-hydrogen) atoms. The third-order valence-electron chi connectivity index (χ3n) is 4.76. The molecule has 2 N–H and O–H groups in total. The summed E-state index contributed by atoms with van der Waals surface area (Å²) < 4.78 is 0. The van der Waals surface area contributed by atoms with E-state index in [1.54, 1.807) is 0 Å². The lowest BCUT2D eigenvalue weighted by atomic mass is 10.2. The Morgan fingerprint density at radius 3 is 2.32 bits per heavy atom. The van der Waals surface area contributed by atoms with Crippen molar-refractivity contribution in [1.29, 1.82) is 0 Å². The van der Waals surface area contributed by atoms with Crippen LogP contribution in [0.2, 0.25) is 0 Å². The van der Waals surface area contributed by atoms with Gasteiger partial charge in [0.15, 0.2) is 0 Å². The molecule has 7 nitrogen and oxygen atoms in total. The van der Waals surface area contributed by atoms with Gasteiger partial charge in [-0.3, -0.25) is 9.59 Å². The number of amides is 2.